The van der Waals surface area contributed by atoms with Crippen molar-refractivity contribution in [3.63, 3.8) is 0 Å². The molecule has 3 rings (SSSR count). The topological polar surface area (TPSA) is 38.3 Å². The molecule has 132 valence electrons. The van der Waals surface area contributed by atoms with Gasteiger partial charge in [-0.1, -0.05) is 31.0 Å². The Hall–Kier alpha value is -1.72. The van der Waals surface area contributed by atoms with Crippen LogP contribution in [0.2, 0.25) is 0 Å². The normalized spacial score (nSPS) is 29.8. The van der Waals surface area contributed by atoms with E-state index in [0.717, 1.165) is 17.7 Å². The average molecular weight is 341 g/mol. The molecule has 0 heterocycles. The average Bonchev–Trinajstić information content (AvgIpc) is 3.35. The van der Waals surface area contributed by atoms with Gasteiger partial charge in [0.25, 0.3) is 0 Å². The summed E-state index contributed by atoms with van der Waals surface area (Å²) in [6.45, 7) is 0. The van der Waals surface area contributed by atoms with Crippen molar-refractivity contribution in [3.8, 4) is 5.75 Å². The van der Waals surface area contributed by atoms with E-state index in [1.807, 2.05) is 24.3 Å². The van der Waals surface area contributed by atoms with E-state index in [4.69, 9.17) is 4.74 Å². The van der Waals surface area contributed by atoms with Crippen LogP contribution >= 0.6 is 0 Å². The van der Waals surface area contributed by atoms with Gasteiger partial charge in [-0.3, -0.25) is 4.79 Å². The van der Waals surface area contributed by atoms with Gasteiger partial charge in [0, 0.05) is 12.0 Å². The SMILES string of the molecule is COc1ccccc1[C@@H]1C[C@@H]1C(=O)N[C@@H]1CCCC[C@@H]1C(F)(F)F. The summed E-state index contributed by atoms with van der Waals surface area (Å²) in [4.78, 5) is 12.4. The molecule has 24 heavy (non-hydrogen) atoms. The van der Waals surface area contributed by atoms with Crippen molar-refractivity contribution in [1.82, 2.24) is 5.32 Å². The van der Waals surface area contributed by atoms with Crippen molar-refractivity contribution in [1.29, 1.82) is 0 Å². The number of ether oxygens (including phenoxy) is 1. The monoisotopic (exact) mass is 341 g/mol. The molecule has 0 aromatic heterocycles. The maximum atomic E-state index is 13.1. The second-order valence-electron chi connectivity index (χ2n) is 6.74. The summed E-state index contributed by atoms with van der Waals surface area (Å²) < 4.78 is 44.7. The first-order valence-corrected chi connectivity index (χ1v) is 8.42. The number of hydrogen-bond donors (Lipinski definition) is 1. The van der Waals surface area contributed by atoms with Crippen molar-refractivity contribution in [2.75, 3.05) is 7.11 Å². The number of methoxy groups -OCH3 is 1. The standard InChI is InChI=1S/C18H22F3NO2/c1-24-16-9-5-2-6-11(16)12-10-13(12)17(23)22-15-8-4-3-7-14(15)18(19,20)21/h2,5-6,9,12-15H,3-4,7-8,10H2,1H3,(H,22,23)/t12-,13-,14-,15+/m0/s1. The summed E-state index contributed by atoms with van der Waals surface area (Å²) in [5, 5.41) is 2.67. The minimum absolute atomic E-state index is 0.0362. The third-order valence-electron chi connectivity index (χ3n) is 5.18. The number of halogens is 3. The number of carbonyl (C=O) groups is 1. The highest BCUT2D eigenvalue weighted by Crippen LogP contribution is 2.50. The van der Waals surface area contributed by atoms with E-state index < -0.39 is 18.1 Å². The van der Waals surface area contributed by atoms with Crippen LogP contribution in [0.25, 0.3) is 0 Å². The van der Waals surface area contributed by atoms with Crippen LogP contribution in [-0.2, 0) is 4.79 Å². The molecule has 2 aliphatic rings. The van der Waals surface area contributed by atoms with Gasteiger partial charge in [-0.2, -0.15) is 13.2 Å². The molecule has 2 saturated carbocycles. The van der Waals surface area contributed by atoms with Crippen LogP contribution in [-0.4, -0.2) is 25.2 Å². The van der Waals surface area contributed by atoms with Gasteiger partial charge in [-0.15, -0.1) is 0 Å². The minimum Gasteiger partial charge on any atom is -0.496 e. The first-order valence-electron chi connectivity index (χ1n) is 8.42. The number of carbonyl (C=O) groups excluding carboxylic acids is 1. The van der Waals surface area contributed by atoms with Crippen molar-refractivity contribution in [3.05, 3.63) is 29.8 Å². The molecule has 4 atom stereocenters. The molecule has 1 aromatic carbocycles. The molecule has 1 amide bonds. The Morgan fingerprint density at radius 3 is 2.62 bits per heavy atom. The van der Waals surface area contributed by atoms with Gasteiger partial charge in [-0.25, -0.2) is 0 Å². The number of alkyl halides is 3. The maximum absolute atomic E-state index is 13.1. The van der Waals surface area contributed by atoms with E-state index in [-0.39, 0.29) is 24.2 Å². The number of para-hydroxylation sites is 1. The highest BCUT2D eigenvalue weighted by Gasteiger charge is 2.49. The van der Waals surface area contributed by atoms with Crippen LogP contribution in [0.4, 0.5) is 13.2 Å². The fourth-order valence-corrected chi connectivity index (χ4v) is 3.79. The van der Waals surface area contributed by atoms with E-state index in [1.54, 1.807) is 7.11 Å². The van der Waals surface area contributed by atoms with Gasteiger partial charge < -0.3 is 10.1 Å². The van der Waals surface area contributed by atoms with E-state index in [0.29, 0.717) is 19.3 Å². The largest absolute Gasteiger partial charge is 0.496 e. The zero-order chi connectivity index (χ0) is 17.3. The Balaban J connectivity index is 1.64. The predicted octanol–water partition coefficient (Wildman–Crippen LogP) is 4.04. The van der Waals surface area contributed by atoms with Crippen molar-refractivity contribution in [2.45, 2.75) is 50.2 Å². The molecule has 2 fully saturated rings. The fourth-order valence-electron chi connectivity index (χ4n) is 3.79. The van der Waals surface area contributed by atoms with Gasteiger partial charge in [-0.05, 0) is 36.8 Å². The molecule has 0 spiro atoms. The maximum Gasteiger partial charge on any atom is 0.393 e. The highest BCUT2D eigenvalue weighted by atomic mass is 19.4. The Kier molecular flexibility index (Phi) is 4.74. The van der Waals surface area contributed by atoms with Crippen LogP contribution in [0.3, 0.4) is 0 Å². The Labute approximate surface area is 139 Å². The van der Waals surface area contributed by atoms with Crippen LogP contribution in [0.5, 0.6) is 5.75 Å². The molecular formula is C18H22F3NO2. The molecule has 6 heteroatoms. The summed E-state index contributed by atoms with van der Waals surface area (Å²) in [6, 6.07) is 6.70. The van der Waals surface area contributed by atoms with Crippen LogP contribution in [0, 0.1) is 11.8 Å². The summed E-state index contributed by atoms with van der Waals surface area (Å²) in [6.07, 6.45) is -1.77. The molecule has 0 aliphatic heterocycles. The zero-order valence-corrected chi connectivity index (χ0v) is 13.6. The lowest BCUT2D eigenvalue weighted by molar-refractivity contribution is -0.189. The molecule has 0 bridgehead atoms. The molecule has 2 aliphatic carbocycles. The Bertz CT molecular complexity index is 602. The van der Waals surface area contributed by atoms with Crippen molar-refractivity contribution in [2.24, 2.45) is 11.8 Å². The Morgan fingerprint density at radius 1 is 1.21 bits per heavy atom. The van der Waals surface area contributed by atoms with E-state index in [1.165, 1.54) is 0 Å². The highest BCUT2D eigenvalue weighted by molar-refractivity contribution is 5.83. The number of nitrogens with one attached hydrogen (secondary N) is 1. The predicted molar refractivity (Wildman–Crippen MR) is 83.8 cm³/mol. The summed E-state index contributed by atoms with van der Waals surface area (Å²) in [7, 11) is 1.58. The first kappa shape index (κ1) is 17.1. The van der Waals surface area contributed by atoms with Crippen LogP contribution in [0.15, 0.2) is 24.3 Å². The number of amides is 1. The van der Waals surface area contributed by atoms with Gasteiger partial charge >= 0.3 is 6.18 Å². The quantitative estimate of drug-likeness (QED) is 0.898. The molecule has 1 N–H and O–H groups in total. The van der Waals surface area contributed by atoms with Gasteiger partial charge in [0.2, 0.25) is 5.91 Å². The number of hydrogen-bond acceptors (Lipinski definition) is 2. The lowest BCUT2D eigenvalue weighted by Gasteiger charge is -2.33. The Morgan fingerprint density at radius 2 is 1.92 bits per heavy atom. The third kappa shape index (κ3) is 3.52. The summed E-state index contributed by atoms with van der Waals surface area (Å²) in [5.41, 5.74) is 0.955. The summed E-state index contributed by atoms with van der Waals surface area (Å²) >= 11 is 0. The lowest BCUT2D eigenvalue weighted by Crippen LogP contribution is -2.48. The van der Waals surface area contributed by atoms with Gasteiger partial charge in [0.1, 0.15) is 5.75 Å². The van der Waals surface area contributed by atoms with E-state index in [2.05, 4.69) is 5.32 Å². The van der Waals surface area contributed by atoms with Crippen molar-refractivity contribution < 1.29 is 22.7 Å². The fraction of sp³-hybridized carbons (Fsp3) is 0.611. The molecule has 0 saturated heterocycles. The minimum atomic E-state index is -4.25. The van der Waals surface area contributed by atoms with Crippen molar-refractivity contribution >= 4 is 5.91 Å². The first-order chi connectivity index (χ1) is 11.4. The molecular weight excluding hydrogens is 319 g/mol. The molecule has 0 radical (unpaired) electrons. The number of benzene rings is 1. The van der Waals surface area contributed by atoms with Gasteiger partial charge in [0.15, 0.2) is 0 Å². The smallest absolute Gasteiger partial charge is 0.393 e. The zero-order valence-electron chi connectivity index (χ0n) is 13.6. The third-order valence-corrected chi connectivity index (χ3v) is 5.18. The second-order valence-corrected chi connectivity index (χ2v) is 6.74. The van der Waals surface area contributed by atoms with Crippen LogP contribution < -0.4 is 10.1 Å². The van der Waals surface area contributed by atoms with E-state index in [9.17, 15) is 18.0 Å². The second kappa shape index (κ2) is 6.65. The lowest BCUT2D eigenvalue weighted by atomic mass is 9.84. The van der Waals surface area contributed by atoms with Crippen LogP contribution in [0.1, 0.15) is 43.6 Å². The summed E-state index contributed by atoms with van der Waals surface area (Å²) in [5.74, 6) is -1.17. The van der Waals surface area contributed by atoms with Gasteiger partial charge in [0.05, 0.1) is 13.0 Å². The number of rotatable bonds is 4. The molecule has 0 unspecified atom stereocenters. The molecule has 1 aromatic rings. The molecule has 3 nitrogen and oxygen atoms in total. The van der Waals surface area contributed by atoms with E-state index >= 15 is 0 Å².